The van der Waals surface area contributed by atoms with Crippen molar-refractivity contribution >= 4 is 11.9 Å². The third-order valence-electron chi connectivity index (χ3n) is 2.64. The van der Waals surface area contributed by atoms with Gasteiger partial charge in [0.25, 0.3) is 0 Å². The van der Waals surface area contributed by atoms with E-state index in [-0.39, 0.29) is 0 Å². The number of unbranched alkanes of at least 4 members (excludes halogenated alkanes) is 1. The molecule has 0 radical (unpaired) electrons. The van der Waals surface area contributed by atoms with Gasteiger partial charge in [-0.1, -0.05) is 19.8 Å². The van der Waals surface area contributed by atoms with Crippen LogP contribution in [0.5, 0.6) is 0 Å². The molecule has 0 bridgehead atoms. The molecule has 156 valence electrons. The fraction of sp³-hybridized carbons (Fsp3) is 0.889. The van der Waals surface area contributed by atoms with Crippen LogP contribution in [0.1, 0.15) is 81.6 Å². The quantitative estimate of drug-likeness (QED) is 0.468. The van der Waals surface area contributed by atoms with E-state index in [9.17, 15) is 9.59 Å². The van der Waals surface area contributed by atoms with E-state index in [1.165, 1.54) is 6.92 Å². The summed E-state index contributed by atoms with van der Waals surface area (Å²) in [5.41, 5.74) is -0.877. The molecule has 0 amide bonds. The molecule has 0 aliphatic rings. The molecule has 0 heterocycles. The molecular formula is C18H36O8. The van der Waals surface area contributed by atoms with E-state index in [0.29, 0.717) is 6.42 Å². The van der Waals surface area contributed by atoms with Crippen LogP contribution in [0, 0.1) is 5.92 Å². The maximum atomic E-state index is 11.0. The van der Waals surface area contributed by atoms with Gasteiger partial charge in [0, 0.05) is 6.92 Å². The molecule has 2 unspecified atom stereocenters. The molecule has 0 aromatic heterocycles. The number of rotatable bonds is 9. The van der Waals surface area contributed by atoms with Gasteiger partial charge in [0.05, 0.1) is 17.1 Å². The van der Waals surface area contributed by atoms with Crippen LogP contribution in [0.3, 0.4) is 0 Å². The second kappa shape index (κ2) is 13.0. The summed E-state index contributed by atoms with van der Waals surface area (Å²) in [5.74, 6) is -1.86. The van der Waals surface area contributed by atoms with Gasteiger partial charge in [0.1, 0.15) is 6.10 Å². The molecule has 8 heteroatoms. The van der Waals surface area contributed by atoms with Crippen LogP contribution in [0.25, 0.3) is 0 Å². The Morgan fingerprint density at radius 2 is 1.50 bits per heavy atom. The van der Waals surface area contributed by atoms with Gasteiger partial charge in [-0.15, -0.1) is 0 Å². The van der Waals surface area contributed by atoms with Gasteiger partial charge in [-0.25, -0.2) is 14.6 Å². The van der Waals surface area contributed by atoms with Crippen molar-refractivity contribution in [3.8, 4) is 0 Å². The maximum absolute atomic E-state index is 11.0. The van der Waals surface area contributed by atoms with Gasteiger partial charge in [-0.2, -0.15) is 4.89 Å². The van der Waals surface area contributed by atoms with Crippen molar-refractivity contribution in [3.63, 3.8) is 0 Å². The number of hydrogen-bond acceptors (Lipinski definition) is 7. The summed E-state index contributed by atoms with van der Waals surface area (Å²) in [4.78, 5) is 40.1. The molecule has 0 aromatic carbocycles. The standard InChI is InChI=1S/C12H24O4.C6H12O4/c1-6-7-8-10(11(13)14)9(2)15-16-12(3,4)5;1-5(7)8-10-9-6(2,3)4/h9-10H,6-8H2,1-5H3,(H,13,14);1-4H3. The first-order valence-corrected chi connectivity index (χ1v) is 8.79. The second-order valence-electron chi connectivity index (χ2n) is 7.92. The Balaban J connectivity index is 0. The molecule has 0 fully saturated rings. The van der Waals surface area contributed by atoms with Gasteiger partial charge in [-0.3, -0.25) is 9.68 Å². The van der Waals surface area contributed by atoms with Gasteiger partial charge in [0.2, 0.25) is 0 Å². The van der Waals surface area contributed by atoms with E-state index in [1.54, 1.807) is 27.7 Å². The largest absolute Gasteiger partial charge is 0.481 e. The van der Waals surface area contributed by atoms with Gasteiger partial charge in [-0.05, 0) is 59.9 Å². The molecule has 0 rings (SSSR count). The van der Waals surface area contributed by atoms with Crippen molar-refractivity contribution < 1.29 is 39.3 Å². The minimum atomic E-state index is -0.821. The van der Waals surface area contributed by atoms with E-state index in [1.807, 2.05) is 27.7 Å². The average molecular weight is 380 g/mol. The minimum absolute atomic E-state index is 0.415. The number of carbonyl (C=O) groups excluding carboxylic acids is 1. The van der Waals surface area contributed by atoms with E-state index >= 15 is 0 Å². The Morgan fingerprint density at radius 1 is 1.00 bits per heavy atom. The molecule has 0 aromatic rings. The molecule has 0 aliphatic carbocycles. The molecule has 2 atom stereocenters. The van der Waals surface area contributed by atoms with Gasteiger partial charge >= 0.3 is 11.9 Å². The number of aliphatic carboxylic acids is 1. The molecular weight excluding hydrogens is 344 g/mol. The summed E-state index contributed by atoms with van der Waals surface area (Å²) >= 11 is 0. The highest BCUT2D eigenvalue weighted by atomic mass is 17.5. The van der Waals surface area contributed by atoms with Crippen LogP contribution in [-0.4, -0.2) is 34.4 Å². The highest BCUT2D eigenvalue weighted by Crippen LogP contribution is 2.19. The summed E-state index contributed by atoms with van der Waals surface area (Å²) in [7, 11) is 0. The summed E-state index contributed by atoms with van der Waals surface area (Å²) in [6, 6.07) is 0. The average Bonchev–Trinajstić information content (AvgIpc) is 2.43. The lowest BCUT2D eigenvalue weighted by Crippen LogP contribution is -2.31. The van der Waals surface area contributed by atoms with Crippen molar-refractivity contribution in [1.82, 2.24) is 0 Å². The molecule has 0 saturated heterocycles. The molecule has 26 heavy (non-hydrogen) atoms. The molecule has 0 aliphatic heterocycles. The van der Waals surface area contributed by atoms with E-state index in [0.717, 1.165) is 12.8 Å². The molecule has 8 nitrogen and oxygen atoms in total. The maximum Gasteiger partial charge on any atom is 0.342 e. The number of carbonyl (C=O) groups is 2. The Kier molecular flexibility index (Phi) is 13.5. The number of carboxylic acid groups (broad SMARTS) is 1. The highest BCUT2D eigenvalue weighted by Gasteiger charge is 2.27. The third kappa shape index (κ3) is 19.1. The predicted octanol–water partition coefficient (Wildman–Crippen LogP) is 4.22. The van der Waals surface area contributed by atoms with Crippen molar-refractivity contribution in [2.24, 2.45) is 5.92 Å². The lowest BCUT2D eigenvalue weighted by molar-refractivity contribution is -0.514. The molecule has 1 N–H and O–H groups in total. The lowest BCUT2D eigenvalue weighted by Gasteiger charge is -2.24. The molecule has 0 saturated carbocycles. The van der Waals surface area contributed by atoms with E-state index in [2.05, 4.69) is 14.8 Å². The summed E-state index contributed by atoms with van der Waals surface area (Å²) in [6.45, 7) is 15.9. The normalized spacial score (nSPS) is 14.0. The van der Waals surface area contributed by atoms with Gasteiger partial charge < -0.3 is 5.11 Å². The first-order chi connectivity index (χ1) is 11.7. The van der Waals surface area contributed by atoms with E-state index < -0.39 is 35.2 Å². The van der Waals surface area contributed by atoms with Crippen LogP contribution < -0.4 is 0 Å². The Bertz CT molecular complexity index is 395. The SMILES string of the molecule is CC(=O)OOOC(C)(C)C.CCCCC(C(=O)O)C(C)OOC(C)(C)C. The second-order valence-corrected chi connectivity index (χ2v) is 7.92. The van der Waals surface area contributed by atoms with Crippen LogP contribution in [-0.2, 0) is 34.2 Å². The van der Waals surface area contributed by atoms with Crippen molar-refractivity contribution in [2.75, 3.05) is 0 Å². The smallest absolute Gasteiger partial charge is 0.342 e. The minimum Gasteiger partial charge on any atom is -0.481 e. The Morgan fingerprint density at radius 3 is 1.85 bits per heavy atom. The zero-order valence-electron chi connectivity index (χ0n) is 17.6. The zero-order chi connectivity index (χ0) is 21.0. The third-order valence-corrected chi connectivity index (χ3v) is 2.64. The zero-order valence-corrected chi connectivity index (χ0v) is 17.6. The first-order valence-electron chi connectivity index (χ1n) is 8.79. The Labute approximate surface area is 156 Å². The van der Waals surface area contributed by atoms with Crippen molar-refractivity contribution in [3.05, 3.63) is 0 Å². The summed E-state index contributed by atoms with van der Waals surface area (Å²) in [6.07, 6.45) is 2.07. The van der Waals surface area contributed by atoms with Crippen LogP contribution in [0.2, 0.25) is 0 Å². The van der Waals surface area contributed by atoms with E-state index in [4.69, 9.17) is 14.9 Å². The number of hydrogen-bond donors (Lipinski definition) is 1. The fourth-order valence-corrected chi connectivity index (χ4v) is 1.44. The lowest BCUT2D eigenvalue weighted by atomic mass is 9.97. The highest BCUT2D eigenvalue weighted by molar-refractivity contribution is 5.70. The first kappa shape index (κ1) is 27.0. The van der Waals surface area contributed by atoms with Crippen molar-refractivity contribution in [2.45, 2.75) is 98.9 Å². The molecule has 0 spiro atoms. The van der Waals surface area contributed by atoms with Crippen LogP contribution in [0.4, 0.5) is 0 Å². The topological polar surface area (TPSA) is 101 Å². The Hall–Kier alpha value is -1.22. The summed E-state index contributed by atoms with van der Waals surface area (Å²) < 4.78 is 0. The van der Waals surface area contributed by atoms with Crippen LogP contribution >= 0.6 is 0 Å². The predicted molar refractivity (Wildman–Crippen MR) is 95.7 cm³/mol. The summed E-state index contributed by atoms with van der Waals surface area (Å²) in [5, 5.41) is 13.2. The fourth-order valence-electron chi connectivity index (χ4n) is 1.44. The van der Waals surface area contributed by atoms with Gasteiger partial charge in [0.15, 0.2) is 0 Å². The monoisotopic (exact) mass is 380 g/mol. The van der Waals surface area contributed by atoms with Crippen LogP contribution in [0.15, 0.2) is 0 Å². The number of carboxylic acids is 1. The van der Waals surface area contributed by atoms with Crippen molar-refractivity contribution in [1.29, 1.82) is 0 Å².